The fourth-order valence-electron chi connectivity index (χ4n) is 12.9. The Labute approximate surface area is 652 Å². The number of amides is 8. The lowest BCUT2D eigenvalue weighted by molar-refractivity contribution is -0.139. The molecule has 12 rings (SSSR count). The van der Waals surface area contributed by atoms with E-state index in [1.807, 2.05) is 150 Å². The summed E-state index contributed by atoms with van der Waals surface area (Å²) in [6.45, 7) is 7.60. The third-order valence-electron chi connectivity index (χ3n) is 19.1. The molecule has 113 heavy (non-hydrogen) atoms. The van der Waals surface area contributed by atoms with Gasteiger partial charge in [-0.3, -0.25) is 38.4 Å². The fraction of sp³-hybridized carbons (Fsp3) is 0.286. The van der Waals surface area contributed by atoms with Crippen LogP contribution in [0.1, 0.15) is 61.3 Å². The number of fused-ring (bicyclic) bond motifs is 4. The van der Waals surface area contributed by atoms with Crippen LogP contribution in [0.25, 0.3) is 112 Å². The highest BCUT2D eigenvalue weighted by atomic mass is 16.5. The number of hydrogen-bond donors (Lipinski definition) is 11. The van der Waals surface area contributed by atoms with Gasteiger partial charge >= 0.3 is 0 Å². The van der Waals surface area contributed by atoms with E-state index in [9.17, 15) is 38.4 Å². The van der Waals surface area contributed by atoms with Crippen molar-refractivity contribution in [1.29, 1.82) is 0 Å². The minimum Gasteiger partial charge on any atom is -0.494 e. The number of aromatic nitrogens is 8. The first-order valence-corrected chi connectivity index (χ1v) is 37.4. The van der Waals surface area contributed by atoms with Gasteiger partial charge in [-0.25, -0.2) is 19.9 Å². The van der Waals surface area contributed by atoms with E-state index in [0.717, 1.165) is 137 Å². The Morgan fingerprint density at radius 3 is 1.12 bits per heavy atom. The van der Waals surface area contributed by atoms with Crippen molar-refractivity contribution in [2.24, 2.45) is 11.5 Å². The molecule has 0 unspecified atom stereocenters. The van der Waals surface area contributed by atoms with Crippen molar-refractivity contribution in [1.82, 2.24) is 86.1 Å². The molecule has 0 spiro atoms. The minimum atomic E-state index is -1.22. The summed E-state index contributed by atoms with van der Waals surface area (Å²) >= 11 is 0. The van der Waals surface area contributed by atoms with Crippen molar-refractivity contribution in [3.05, 3.63) is 181 Å². The Hall–Kier alpha value is -13.1. The van der Waals surface area contributed by atoms with Gasteiger partial charge in [0.05, 0.1) is 70.4 Å². The van der Waals surface area contributed by atoms with Crippen molar-refractivity contribution >= 4 is 91.4 Å². The predicted molar refractivity (Wildman–Crippen MR) is 435 cm³/mol. The number of carbonyl (C=O) groups is 8. The third-order valence-corrected chi connectivity index (χ3v) is 19.1. The number of carbonyl (C=O) groups excluding carboxylic acids is 8. The number of imidazole rings is 4. The van der Waals surface area contributed by atoms with Crippen LogP contribution in [0.4, 0.5) is 0 Å². The largest absolute Gasteiger partial charge is 0.494 e. The van der Waals surface area contributed by atoms with Gasteiger partial charge in [-0.2, -0.15) is 0 Å². The van der Waals surface area contributed by atoms with E-state index in [4.69, 9.17) is 40.9 Å². The van der Waals surface area contributed by atoms with Gasteiger partial charge in [0.2, 0.25) is 35.4 Å². The van der Waals surface area contributed by atoms with Crippen molar-refractivity contribution in [2.75, 3.05) is 93.8 Å². The molecule has 29 heteroatoms. The lowest BCUT2D eigenvalue weighted by Crippen LogP contribution is -2.57. The van der Waals surface area contributed by atoms with Gasteiger partial charge in [0.1, 0.15) is 59.0 Å². The molecule has 13 N–H and O–H groups in total. The maximum Gasteiger partial charge on any atom is 0.254 e. The summed E-state index contributed by atoms with van der Waals surface area (Å²) in [6, 6.07) is 48.7. The van der Waals surface area contributed by atoms with E-state index in [-0.39, 0.29) is 31.7 Å². The SMILES string of the molecule is C[C@@H](NC(=O)CN(CCN)C(=O)c1ccc(-c2nc3cc(-c4ccc5[nH]c(-c6ccc(OCCCN(C)C)cc6)nc5c4)ccc3[nH]2)cc1)C(=O)N[C@H](C)C(=O)N[C@H](C)C(=O)N[C@H](C)C(=O)N(CCNC(=O)c1ccc(-c2nc3cc(-c4ccc5[nH]c(-c6ccc(OCCCN(C)C)cc6)nc5c4)ccc3[nH]2)cc1)CC(N)=O. The first-order valence-electron chi connectivity index (χ1n) is 37.4. The highest BCUT2D eigenvalue weighted by Gasteiger charge is 2.29. The molecular weight excluding hydrogens is 1440 g/mol. The second-order valence-corrected chi connectivity index (χ2v) is 28.5. The third kappa shape index (κ3) is 20.3. The normalized spacial score (nSPS) is 12.5. The molecule has 8 aromatic carbocycles. The lowest BCUT2D eigenvalue weighted by atomic mass is 10.0. The van der Waals surface area contributed by atoms with Crippen molar-refractivity contribution in [3.8, 4) is 79.3 Å². The van der Waals surface area contributed by atoms with Crippen LogP contribution in [0.5, 0.6) is 11.5 Å². The van der Waals surface area contributed by atoms with Crippen molar-refractivity contribution < 1.29 is 47.8 Å². The van der Waals surface area contributed by atoms with Gasteiger partial charge in [0.25, 0.3) is 11.8 Å². The van der Waals surface area contributed by atoms with Crippen LogP contribution in [0.3, 0.4) is 0 Å². The number of hydrogen-bond acceptors (Lipinski definition) is 17. The number of ether oxygens (including phenoxy) is 2. The summed E-state index contributed by atoms with van der Waals surface area (Å²) in [5.74, 6) is -1.09. The lowest BCUT2D eigenvalue weighted by Gasteiger charge is -2.26. The first-order chi connectivity index (χ1) is 54.4. The minimum absolute atomic E-state index is 0.0210. The van der Waals surface area contributed by atoms with Gasteiger partial charge in [0, 0.05) is 72.6 Å². The average Bonchev–Trinajstić information content (AvgIpc) is 1.65. The zero-order valence-electron chi connectivity index (χ0n) is 64.3. The van der Waals surface area contributed by atoms with Crippen LogP contribution in [-0.4, -0.2) is 225 Å². The number of benzene rings is 8. The summed E-state index contributed by atoms with van der Waals surface area (Å²) in [5, 5.41) is 12.9. The van der Waals surface area contributed by atoms with Crippen LogP contribution >= 0.6 is 0 Å². The summed E-state index contributed by atoms with van der Waals surface area (Å²) in [6.07, 6.45) is 1.88. The molecule has 0 bridgehead atoms. The average molecular weight is 1530 g/mol. The van der Waals surface area contributed by atoms with E-state index in [2.05, 4.69) is 56.3 Å². The number of primary amides is 1. The number of aromatic amines is 4. The molecule has 584 valence electrons. The molecule has 4 heterocycles. The van der Waals surface area contributed by atoms with Crippen molar-refractivity contribution in [2.45, 2.75) is 64.7 Å². The molecular formula is C84H93N19O10. The van der Waals surface area contributed by atoms with E-state index in [1.165, 1.54) is 32.6 Å². The molecule has 4 aromatic heterocycles. The molecule has 0 aliphatic rings. The molecule has 0 fully saturated rings. The molecule has 8 amide bonds. The number of rotatable bonds is 35. The Kier molecular flexibility index (Phi) is 25.4. The second kappa shape index (κ2) is 36.2. The fourth-order valence-corrected chi connectivity index (χ4v) is 12.9. The highest BCUT2D eigenvalue weighted by molar-refractivity contribution is 6.00. The quantitative estimate of drug-likeness (QED) is 0.0167. The van der Waals surface area contributed by atoms with Crippen molar-refractivity contribution in [3.63, 3.8) is 0 Å². The van der Waals surface area contributed by atoms with E-state index >= 15 is 0 Å². The molecule has 29 nitrogen and oxygen atoms in total. The Morgan fingerprint density at radius 1 is 0.407 bits per heavy atom. The van der Waals surface area contributed by atoms with Crippen LogP contribution in [0, 0.1) is 0 Å². The Morgan fingerprint density at radius 2 is 0.752 bits per heavy atom. The predicted octanol–water partition coefficient (Wildman–Crippen LogP) is 8.02. The second-order valence-electron chi connectivity index (χ2n) is 28.5. The zero-order chi connectivity index (χ0) is 80.0. The molecule has 0 radical (unpaired) electrons. The maximum absolute atomic E-state index is 13.9. The van der Waals surface area contributed by atoms with E-state index < -0.39 is 84.5 Å². The number of nitrogens with zero attached hydrogens (tertiary/aromatic N) is 8. The van der Waals surface area contributed by atoms with E-state index in [1.54, 1.807) is 48.5 Å². The Balaban J connectivity index is 0.563. The van der Waals surface area contributed by atoms with Gasteiger partial charge in [0.15, 0.2) is 0 Å². The van der Waals surface area contributed by atoms with Crippen LogP contribution in [0.2, 0.25) is 0 Å². The van der Waals surface area contributed by atoms with Gasteiger partial charge in [-0.15, -0.1) is 0 Å². The summed E-state index contributed by atoms with van der Waals surface area (Å²) < 4.78 is 11.8. The molecule has 0 aliphatic heterocycles. The number of nitrogens with two attached hydrogens (primary N) is 2. The molecule has 4 atom stereocenters. The summed E-state index contributed by atoms with van der Waals surface area (Å²) in [7, 11) is 8.17. The molecule has 0 saturated heterocycles. The summed E-state index contributed by atoms with van der Waals surface area (Å²) in [4.78, 5) is 146. The van der Waals surface area contributed by atoms with Crippen LogP contribution in [-0.2, 0) is 28.8 Å². The number of H-pyrrole nitrogens is 4. The van der Waals surface area contributed by atoms with Crippen LogP contribution in [0.15, 0.2) is 170 Å². The molecule has 0 saturated carbocycles. The Bertz CT molecular complexity index is 5420. The highest BCUT2D eigenvalue weighted by Crippen LogP contribution is 2.33. The van der Waals surface area contributed by atoms with Crippen LogP contribution < -0.4 is 47.5 Å². The first kappa shape index (κ1) is 79.4. The number of nitrogens with one attached hydrogen (secondary N) is 9. The van der Waals surface area contributed by atoms with E-state index in [0.29, 0.717) is 36.0 Å². The molecule has 12 aromatic rings. The monoisotopic (exact) mass is 1530 g/mol. The standard InChI is InChI=1S/C84H93N19O10/c1-49(88-74(105)48-102(39-35-85)84(111)58-17-13-54(14-18-58)76-93-66-32-24-60(44-70(66)97-76)62-26-34-68-72(46-62)99-78(95-68)56-21-29-64(30-22-56)113-42-10-38-101(7)8)79(106)89-50(2)80(107)90-51(3)81(108)91-52(4)83(110)103(47-73(86)104)40-36-87-82(109)57-15-11-53(12-16-57)75-92-65-31-23-59(43-69(65)96-75)61-25-33-67-71(45-61)98-77(94-67)55-19-27-63(28-20-55)112-41-9-37-100(5)6/h11-34,43-46,49-52H,9-10,35-42,47-48,85H2,1-8H3,(H2,86,104)(H,87,109)(H,88,105)(H,89,106)(H,90,107)(H,91,108)(H,92,96)(H,93,97)(H,94,98)(H,95,99)/t49-,50-,51-,52-/m1/s1. The maximum atomic E-state index is 13.9. The molecule has 0 aliphatic carbocycles. The van der Waals surface area contributed by atoms with Gasteiger partial charge in [-0.1, -0.05) is 48.5 Å². The van der Waals surface area contributed by atoms with Gasteiger partial charge in [-0.05, 0) is 212 Å². The van der Waals surface area contributed by atoms with Gasteiger partial charge < -0.3 is 87.1 Å². The summed E-state index contributed by atoms with van der Waals surface area (Å²) in [5.41, 5.74) is 25.8. The zero-order valence-corrected chi connectivity index (χ0v) is 64.3. The smallest absolute Gasteiger partial charge is 0.254 e. The topological polar surface area (TPSA) is 395 Å².